The second-order valence-electron chi connectivity index (χ2n) is 10.6. The lowest BCUT2D eigenvalue weighted by atomic mass is 10.0. The summed E-state index contributed by atoms with van der Waals surface area (Å²) in [4.78, 5) is 23.2. The summed E-state index contributed by atoms with van der Waals surface area (Å²) < 4.78 is 43.3. The minimum absolute atomic E-state index is 0.0528. The van der Waals surface area contributed by atoms with E-state index in [2.05, 4.69) is 44.8 Å². The molecule has 0 radical (unpaired) electrons. The molecule has 4 rings (SSSR count). The molecule has 11 heteroatoms. The van der Waals surface area contributed by atoms with Gasteiger partial charge in [-0.15, -0.1) is 13.2 Å². The molecule has 39 heavy (non-hydrogen) atoms. The highest BCUT2D eigenvalue weighted by Crippen LogP contribution is 2.37. The quantitative estimate of drug-likeness (QED) is 0.453. The van der Waals surface area contributed by atoms with Crippen molar-refractivity contribution in [2.24, 2.45) is 4.99 Å². The van der Waals surface area contributed by atoms with Crippen LogP contribution in [0.2, 0.25) is 5.02 Å². The zero-order chi connectivity index (χ0) is 28.3. The lowest BCUT2D eigenvalue weighted by Crippen LogP contribution is -2.40. The van der Waals surface area contributed by atoms with E-state index < -0.39 is 6.36 Å². The topological polar surface area (TPSA) is 60.4 Å². The second kappa shape index (κ2) is 12.0. The molecule has 2 heterocycles. The van der Waals surface area contributed by atoms with Gasteiger partial charge in [-0.05, 0) is 81.6 Å². The van der Waals surface area contributed by atoms with Crippen molar-refractivity contribution in [1.82, 2.24) is 15.1 Å². The van der Waals surface area contributed by atoms with E-state index in [1.54, 1.807) is 12.4 Å². The van der Waals surface area contributed by atoms with Crippen LogP contribution in [0, 0.1) is 0 Å². The van der Waals surface area contributed by atoms with Gasteiger partial charge in [0.1, 0.15) is 5.75 Å². The van der Waals surface area contributed by atoms with E-state index in [1.807, 2.05) is 30.9 Å². The van der Waals surface area contributed by atoms with Gasteiger partial charge in [-0.25, -0.2) is 4.99 Å². The van der Waals surface area contributed by atoms with Gasteiger partial charge < -0.3 is 19.9 Å². The Balaban J connectivity index is 1.66. The predicted molar refractivity (Wildman–Crippen MR) is 148 cm³/mol. The summed E-state index contributed by atoms with van der Waals surface area (Å²) in [6, 6.07) is 10.4. The van der Waals surface area contributed by atoms with Crippen LogP contribution in [0.15, 0.2) is 41.4 Å². The maximum atomic E-state index is 13.0. The molecule has 1 unspecified atom stereocenters. The Morgan fingerprint density at radius 1 is 1.15 bits per heavy atom. The zero-order valence-electron chi connectivity index (χ0n) is 22.6. The number of amides is 1. The van der Waals surface area contributed by atoms with E-state index >= 15 is 0 Å². The monoisotopic (exact) mass is 565 g/mol. The van der Waals surface area contributed by atoms with E-state index in [1.165, 1.54) is 12.1 Å². The highest BCUT2D eigenvalue weighted by Gasteiger charge is 2.33. The molecule has 0 saturated carbocycles. The third-order valence-corrected chi connectivity index (χ3v) is 7.01. The summed E-state index contributed by atoms with van der Waals surface area (Å²) in [7, 11) is 0. The van der Waals surface area contributed by atoms with Gasteiger partial charge >= 0.3 is 6.36 Å². The van der Waals surface area contributed by atoms with Crippen molar-refractivity contribution in [3.05, 3.63) is 52.5 Å². The van der Waals surface area contributed by atoms with Crippen LogP contribution < -0.4 is 15.0 Å². The van der Waals surface area contributed by atoms with E-state index in [4.69, 9.17) is 11.6 Å². The lowest BCUT2D eigenvalue weighted by molar-refractivity contribution is -0.274. The van der Waals surface area contributed by atoms with E-state index in [0.717, 1.165) is 29.9 Å². The maximum Gasteiger partial charge on any atom is 0.573 e. The van der Waals surface area contributed by atoms with Gasteiger partial charge in [-0.3, -0.25) is 9.69 Å². The molecule has 0 aliphatic carbocycles. The standard InChI is InChI=1S/C28H35ClF3N5O2/c1-18(2)34-27(38)16-35-14-21-11-23(6-7-25(21)33-17-35)37-9-5-8-36(19(3)4)15-26(37)20-10-22(29)13-24(12-20)39-28(30,31)32/h6-7,10-13,17-19,26H,5,8-9,14-16H2,1-4H3,(H,34,38). The molecule has 0 spiro atoms. The van der Waals surface area contributed by atoms with E-state index in [0.29, 0.717) is 25.2 Å². The fraction of sp³-hybridized carbons (Fsp3) is 0.500. The number of aliphatic imine (C=N–C) groups is 1. The van der Waals surface area contributed by atoms with Crippen LogP contribution >= 0.6 is 11.6 Å². The molecule has 1 N–H and O–H groups in total. The third-order valence-electron chi connectivity index (χ3n) is 6.79. The molecule has 1 atom stereocenters. The SMILES string of the molecule is CC(C)NC(=O)CN1C=Nc2ccc(N3CCCN(C(C)C)CC3c3cc(Cl)cc(OC(F)(F)F)c3)cc2C1. The van der Waals surface area contributed by atoms with Crippen molar-refractivity contribution in [2.75, 3.05) is 31.1 Å². The van der Waals surface area contributed by atoms with E-state index in [9.17, 15) is 18.0 Å². The van der Waals surface area contributed by atoms with Gasteiger partial charge in [0.25, 0.3) is 0 Å². The van der Waals surface area contributed by atoms with Gasteiger partial charge in [0, 0.05) is 49.0 Å². The van der Waals surface area contributed by atoms with Gasteiger partial charge in [0.05, 0.1) is 24.6 Å². The van der Waals surface area contributed by atoms with Gasteiger partial charge in [-0.2, -0.15) is 0 Å². The summed E-state index contributed by atoms with van der Waals surface area (Å²) in [5, 5.41) is 3.08. The number of carbonyl (C=O) groups excluding carboxylic acids is 1. The Labute approximate surface area is 232 Å². The summed E-state index contributed by atoms with van der Waals surface area (Å²) in [6.45, 7) is 11.0. The number of halogens is 4. The number of ether oxygens (including phenoxy) is 1. The number of carbonyl (C=O) groups is 1. The number of hydrogen-bond acceptors (Lipinski definition) is 6. The highest BCUT2D eigenvalue weighted by molar-refractivity contribution is 6.30. The highest BCUT2D eigenvalue weighted by atomic mass is 35.5. The van der Waals surface area contributed by atoms with Crippen LogP contribution in [0.3, 0.4) is 0 Å². The molecule has 0 bridgehead atoms. The average Bonchev–Trinajstić information content (AvgIpc) is 3.05. The number of nitrogens with zero attached hydrogens (tertiary/aromatic N) is 4. The molecule has 2 aromatic carbocycles. The average molecular weight is 566 g/mol. The minimum atomic E-state index is -4.81. The van der Waals surface area contributed by atoms with Crippen LogP contribution in [0.5, 0.6) is 5.75 Å². The van der Waals surface area contributed by atoms with Crippen molar-refractivity contribution in [3.8, 4) is 5.75 Å². The Bertz CT molecular complexity index is 1200. The van der Waals surface area contributed by atoms with Crippen molar-refractivity contribution >= 4 is 35.2 Å². The Morgan fingerprint density at radius 2 is 1.92 bits per heavy atom. The van der Waals surface area contributed by atoms with Gasteiger partial charge in [0.15, 0.2) is 0 Å². The molecular weight excluding hydrogens is 531 g/mol. The van der Waals surface area contributed by atoms with Crippen molar-refractivity contribution in [1.29, 1.82) is 0 Å². The Kier molecular flexibility index (Phi) is 8.96. The number of rotatable bonds is 7. The smallest absolute Gasteiger partial charge is 0.406 e. The number of hydrogen-bond donors (Lipinski definition) is 1. The minimum Gasteiger partial charge on any atom is -0.406 e. The number of anilines is 1. The fourth-order valence-electron chi connectivity index (χ4n) is 5.10. The van der Waals surface area contributed by atoms with Gasteiger partial charge in [-0.1, -0.05) is 11.6 Å². The van der Waals surface area contributed by atoms with Crippen LogP contribution in [-0.2, 0) is 11.3 Å². The molecule has 0 aromatic heterocycles. The molecular formula is C28H35ClF3N5O2. The van der Waals surface area contributed by atoms with Gasteiger partial charge in [0.2, 0.25) is 5.91 Å². The third kappa shape index (κ3) is 7.79. The molecule has 1 fully saturated rings. The van der Waals surface area contributed by atoms with Crippen LogP contribution in [0.25, 0.3) is 0 Å². The summed E-state index contributed by atoms with van der Waals surface area (Å²) >= 11 is 6.28. The first kappa shape index (κ1) is 29.0. The number of alkyl halides is 3. The lowest BCUT2D eigenvalue weighted by Gasteiger charge is -2.36. The van der Waals surface area contributed by atoms with Crippen LogP contribution in [-0.4, -0.2) is 66.7 Å². The van der Waals surface area contributed by atoms with Crippen molar-refractivity contribution < 1.29 is 22.7 Å². The van der Waals surface area contributed by atoms with Crippen LogP contribution in [0.4, 0.5) is 24.5 Å². The summed E-state index contributed by atoms with van der Waals surface area (Å²) in [6.07, 6.45) is -2.24. The summed E-state index contributed by atoms with van der Waals surface area (Å²) in [5.41, 5.74) is 3.39. The first-order valence-corrected chi connectivity index (χ1v) is 13.5. The predicted octanol–water partition coefficient (Wildman–Crippen LogP) is 5.90. The fourth-order valence-corrected chi connectivity index (χ4v) is 5.33. The summed E-state index contributed by atoms with van der Waals surface area (Å²) in [5.74, 6) is -0.407. The first-order chi connectivity index (χ1) is 18.4. The normalized spacial score (nSPS) is 18.4. The van der Waals surface area contributed by atoms with Crippen LogP contribution in [0.1, 0.15) is 51.3 Å². The second-order valence-corrected chi connectivity index (χ2v) is 11.0. The molecule has 1 amide bonds. The molecule has 7 nitrogen and oxygen atoms in total. The molecule has 2 aromatic rings. The van der Waals surface area contributed by atoms with E-state index in [-0.39, 0.29) is 41.3 Å². The molecule has 1 saturated heterocycles. The first-order valence-electron chi connectivity index (χ1n) is 13.2. The maximum absolute atomic E-state index is 13.0. The Morgan fingerprint density at radius 3 is 2.62 bits per heavy atom. The molecule has 212 valence electrons. The zero-order valence-corrected chi connectivity index (χ0v) is 23.4. The molecule has 2 aliphatic rings. The largest absolute Gasteiger partial charge is 0.573 e. The number of nitrogens with one attached hydrogen (secondary N) is 1. The Hall–Kier alpha value is -2.98. The van der Waals surface area contributed by atoms with Crippen molar-refractivity contribution in [2.45, 2.75) is 65.1 Å². The number of fused-ring (bicyclic) bond motifs is 1. The molecule has 2 aliphatic heterocycles. The number of benzene rings is 2. The van der Waals surface area contributed by atoms with Crippen molar-refractivity contribution in [3.63, 3.8) is 0 Å².